The molecule has 0 spiro atoms. The van der Waals surface area contributed by atoms with Gasteiger partial charge >= 0.3 is 0 Å². The molecule has 0 radical (unpaired) electrons. The van der Waals surface area contributed by atoms with Crippen molar-refractivity contribution >= 4 is 9.24 Å². The Bertz CT molecular complexity index is 46.5. The van der Waals surface area contributed by atoms with Gasteiger partial charge in [-0.25, -0.2) is 0 Å². The van der Waals surface area contributed by atoms with Crippen molar-refractivity contribution in [3.63, 3.8) is 0 Å². The summed E-state index contributed by atoms with van der Waals surface area (Å²) < 4.78 is 0. The predicted molar refractivity (Wildman–Crippen MR) is 35.5 cm³/mol. The summed E-state index contributed by atoms with van der Waals surface area (Å²) in [5.41, 5.74) is -0.470. The quantitative estimate of drug-likeness (QED) is 0.539. The van der Waals surface area contributed by atoms with Gasteiger partial charge in [0.15, 0.2) is 0 Å². The Morgan fingerprint density at radius 2 is 2.00 bits per heavy atom. The molecule has 0 aromatic rings. The zero-order valence-corrected chi connectivity index (χ0v) is 6.09. The van der Waals surface area contributed by atoms with Crippen LogP contribution >= 0.6 is 9.24 Å². The van der Waals surface area contributed by atoms with E-state index in [9.17, 15) is 0 Å². The van der Waals surface area contributed by atoms with Gasteiger partial charge in [0.05, 0.1) is 5.60 Å². The van der Waals surface area contributed by atoms with Crippen molar-refractivity contribution in [1.29, 1.82) is 0 Å². The molecule has 1 unspecified atom stereocenters. The molecule has 0 aromatic heterocycles. The summed E-state index contributed by atoms with van der Waals surface area (Å²) in [6.07, 6.45) is 1.83. The maximum atomic E-state index is 9.00. The normalized spacial score (nSPS) is 12.0. The molecule has 0 heterocycles. The Hall–Kier alpha value is 0.390. The molecular weight excluding hydrogens is 107 g/mol. The zero-order chi connectivity index (χ0) is 5.91. The smallest absolute Gasteiger partial charge is 0.0594 e. The van der Waals surface area contributed by atoms with E-state index >= 15 is 0 Å². The third kappa shape index (κ3) is 6.39. The summed E-state index contributed by atoms with van der Waals surface area (Å²) in [5, 5.41) is 9.00. The lowest BCUT2D eigenvalue weighted by Gasteiger charge is -2.13. The molecule has 0 fully saturated rings. The van der Waals surface area contributed by atoms with Crippen LogP contribution in [0.25, 0.3) is 0 Å². The minimum Gasteiger partial charge on any atom is -0.390 e. The molecule has 0 aliphatic carbocycles. The van der Waals surface area contributed by atoms with Crippen LogP contribution in [0.5, 0.6) is 0 Å². The van der Waals surface area contributed by atoms with Crippen LogP contribution in [0, 0.1) is 0 Å². The van der Waals surface area contributed by atoms with Gasteiger partial charge in [-0.15, -0.1) is 9.24 Å². The molecule has 44 valence electrons. The van der Waals surface area contributed by atoms with Gasteiger partial charge in [0, 0.05) is 0 Å². The summed E-state index contributed by atoms with van der Waals surface area (Å²) in [4.78, 5) is 0. The van der Waals surface area contributed by atoms with Gasteiger partial charge in [-0.2, -0.15) is 0 Å². The van der Waals surface area contributed by atoms with E-state index in [0.717, 1.165) is 12.6 Å². The first-order valence-corrected chi connectivity index (χ1v) is 3.30. The first kappa shape index (κ1) is 7.39. The zero-order valence-electron chi connectivity index (χ0n) is 4.94. The van der Waals surface area contributed by atoms with E-state index < -0.39 is 5.60 Å². The second-order valence-corrected chi connectivity index (χ2v) is 2.93. The maximum Gasteiger partial charge on any atom is 0.0594 e. The Morgan fingerprint density at radius 1 is 1.57 bits per heavy atom. The van der Waals surface area contributed by atoms with Crippen molar-refractivity contribution in [2.75, 3.05) is 6.16 Å². The fraction of sp³-hybridized carbons (Fsp3) is 1.00. The molecule has 0 rings (SSSR count). The lowest BCUT2D eigenvalue weighted by molar-refractivity contribution is 0.0777. The molecule has 2 heteroatoms. The third-order valence-electron chi connectivity index (χ3n) is 0.756. The van der Waals surface area contributed by atoms with E-state index in [0.29, 0.717) is 0 Å². The van der Waals surface area contributed by atoms with Crippen LogP contribution in [0.1, 0.15) is 20.3 Å². The third-order valence-corrected chi connectivity index (χ3v) is 1.04. The summed E-state index contributed by atoms with van der Waals surface area (Å²) in [6.45, 7) is 3.63. The van der Waals surface area contributed by atoms with E-state index in [1.165, 1.54) is 0 Å². The Kier molecular flexibility index (Phi) is 2.78. The van der Waals surface area contributed by atoms with Gasteiger partial charge in [0.1, 0.15) is 0 Å². The molecule has 0 amide bonds. The highest BCUT2D eigenvalue weighted by Gasteiger charge is 2.08. The average Bonchev–Trinajstić information content (AvgIpc) is 1.30. The van der Waals surface area contributed by atoms with E-state index in [1.54, 1.807) is 0 Å². The standard InChI is InChI=1S/C5H13OP/c1-5(2,6)3-4-7/h6H,3-4,7H2,1-2H3. The molecule has 1 N–H and O–H groups in total. The highest BCUT2D eigenvalue weighted by Crippen LogP contribution is 2.07. The molecule has 0 bridgehead atoms. The van der Waals surface area contributed by atoms with E-state index in [-0.39, 0.29) is 0 Å². The molecule has 0 aromatic carbocycles. The summed E-state index contributed by atoms with van der Waals surface area (Å²) >= 11 is 0. The van der Waals surface area contributed by atoms with Crippen LogP contribution in [-0.4, -0.2) is 16.9 Å². The van der Waals surface area contributed by atoms with Gasteiger partial charge in [-0.3, -0.25) is 0 Å². The number of aliphatic hydroxyl groups is 1. The second kappa shape index (κ2) is 2.64. The fourth-order valence-corrected chi connectivity index (χ4v) is 1.06. The number of hydrogen-bond acceptors (Lipinski definition) is 1. The lowest BCUT2D eigenvalue weighted by Crippen LogP contribution is -2.18. The molecule has 1 atom stereocenters. The van der Waals surface area contributed by atoms with Gasteiger partial charge < -0.3 is 5.11 Å². The van der Waals surface area contributed by atoms with E-state index in [4.69, 9.17) is 5.11 Å². The topological polar surface area (TPSA) is 20.2 Å². The first-order chi connectivity index (χ1) is 3.06. The Balaban J connectivity index is 3.15. The number of rotatable bonds is 2. The Morgan fingerprint density at radius 3 is 2.00 bits per heavy atom. The summed E-state index contributed by atoms with van der Waals surface area (Å²) in [7, 11) is 2.58. The lowest BCUT2D eigenvalue weighted by atomic mass is 10.1. The monoisotopic (exact) mass is 120 g/mol. The molecule has 0 saturated heterocycles. The van der Waals surface area contributed by atoms with Crippen molar-refractivity contribution < 1.29 is 5.11 Å². The van der Waals surface area contributed by atoms with Crippen LogP contribution < -0.4 is 0 Å². The SMILES string of the molecule is CC(C)(O)CCP. The van der Waals surface area contributed by atoms with Crippen LogP contribution in [0.4, 0.5) is 0 Å². The van der Waals surface area contributed by atoms with Crippen molar-refractivity contribution in [3.05, 3.63) is 0 Å². The van der Waals surface area contributed by atoms with Crippen LogP contribution in [0.3, 0.4) is 0 Å². The van der Waals surface area contributed by atoms with E-state index in [2.05, 4.69) is 9.24 Å². The molecular formula is C5H13OP. The minimum atomic E-state index is -0.470. The minimum absolute atomic E-state index is 0.470. The maximum absolute atomic E-state index is 9.00. The molecule has 7 heavy (non-hydrogen) atoms. The molecule has 1 nitrogen and oxygen atoms in total. The molecule has 0 saturated carbocycles. The number of hydrogen-bond donors (Lipinski definition) is 1. The fourth-order valence-electron chi connectivity index (χ4n) is 0.353. The summed E-state index contributed by atoms with van der Waals surface area (Å²) in [5.74, 6) is 0. The average molecular weight is 120 g/mol. The largest absolute Gasteiger partial charge is 0.390 e. The van der Waals surface area contributed by atoms with Crippen LogP contribution in [0.2, 0.25) is 0 Å². The second-order valence-electron chi connectivity index (χ2n) is 2.35. The van der Waals surface area contributed by atoms with Gasteiger partial charge in [0.2, 0.25) is 0 Å². The Labute approximate surface area is 47.3 Å². The highest BCUT2D eigenvalue weighted by atomic mass is 31.0. The van der Waals surface area contributed by atoms with Crippen molar-refractivity contribution in [1.82, 2.24) is 0 Å². The molecule has 0 aliphatic rings. The van der Waals surface area contributed by atoms with Gasteiger partial charge in [-0.05, 0) is 26.4 Å². The first-order valence-electron chi connectivity index (χ1n) is 2.49. The van der Waals surface area contributed by atoms with Gasteiger partial charge in [0.25, 0.3) is 0 Å². The molecule has 0 aliphatic heterocycles. The van der Waals surface area contributed by atoms with Crippen LogP contribution in [-0.2, 0) is 0 Å². The van der Waals surface area contributed by atoms with Crippen molar-refractivity contribution in [2.45, 2.75) is 25.9 Å². The van der Waals surface area contributed by atoms with Gasteiger partial charge in [-0.1, -0.05) is 0 Å². The highest BCUT2D eigenvalue weighted by molar-refractivity contribution is 7.16. The van der Waals surface area contributed by atoms with Crippen molar-refractivity contribution in [2.24, 2.45) is 0 Å². The van der Waals surface area contributed by atoms with Crippen molar-refractivity contribution in [3.8, 4) is 0 Å². The predicted octanol–water partition coefficient (Wildman–Crippen LogP) is 1.02. The van der Waals surface area contributed by atoms with Crippen LogP contribution in [0.15, 0.2) is 0 Å². The summed E-state index contributed by atoms with van der Waals surface area (Å²) in [6, 6.07) is 0. The van der Waals surface area contributed by atoms with E-state index in [1.807, 2.05) is 13.8 Å².